The molecular weight excluding hydrogens is 248 g/mol. The SMILES string of the molecule is CC(C)C(=O)c1cn(-c2cccnc2)c2ccccc12. The van der Waals surface area contributed by atoms with E-state index in [1.54, 1.807) is 12.4 Å². The minimum absolute atomic E-state index is 0.0110. The molecule has 0 fully saturated rings. The third-order valence-corrected chi connectivity index (χ3v) is 3.43. The summed E-state index contributed by atoms with van der Waals surface area (Å²) in [7, 11) is 0. The van der Waals surface area contributed by atoms with Crippen molar-refractivity contribution in [1.29, 1.82) is 0 Å². The van der Waals surface area contributed by atoms with Crippen LogP contribution in [0.1, 0.15) is 24.2 Å². The van der Waals surface area contributed by atoms with Gasteiger partial charge in [0, 0.05) is 29.3 Å². The Morgan fingerprint density at radius 1 is 1.15 bits per heavy atom. The molecule has 0 N–H and O–H groups in total. The van der Waals surface area contributed by atoms with Gasteiger partial charge in [0.05, 0.1) is 17.4 Å². The lowest BCUT2D eigenvalue weighted by atomic mass is 10.0. The smallest absolute Gasteiger partial charge is 0.167 e. The average molecular weight is 264 g/mol. The molecule has 0 bridgehead atoms. The van der Waals surface area contributed by atoms with Gasteiger partial charge in [0.15, 0.2) is 5.78 Å². The topological polar surface area (TPSA) is 34.9 Å². The molecule has 3 nitrogen and oxygen atoms in total. The summed E-state index contributed by atoms with van der Waals surface area (Å²) in [4.78, 5) is 16.5. The van der Waals surface area contributed by atoms with Crippen LogP contribution in [0.3, 0.4) is 0 Å². The van der Waals surface area contributed by atoms with Gasteiger partial charge >= 0.3 is 0 Å². The third-order valence-electron chi connectivity index (χ3n) is 3.43. The molecule has 3 heteroatoms. The first-order chi connectivity index (χ1) is 9.68. The van der Waals surface area contributed by atoms with E-state index in [2.05, 4.69) is 4.98 Å². The first kappa shape index (κ1) is 12.6. The van der Waals surface area contributed by atoms with E-state index in [1.807, 2.05) is 61.0 Å². The number of aromatic nitrogens is 2. The number of Topliss-reactive ketones (excluding diaryl/α,β-unsaturated/α-hetero) is 1. The highest BCUT2D eigenvalue weighted by Crippen LogP contribution is 2.26. The molecule has 0 unspecified atom stereocenters. The minimum Gasteiger partial charge on any atom is -0.314 e. The van der Waals surface area contributed by atoms with Crippen LogP contribution in [0.15, 0.2) is 55.0 Å². The molecule has 0 spiro atoms. The number of nitrogens with zero attached hydrogens (tertiary/aromatic N) is 2. The van der Waals surface area contributed by atoms with Crippen LogP contribution < -0.4 is 0 Å². The van der Waals surface area contributed by atoms with Crippen molar-refractivity contribution in [2.24, 2.45) is 5.92 Å². The first-order valence-corrected chi connectivity index (χ1v) is 6.73. The van der Waals surface area contributed by atoms with E-state index < -0.39 is 0 Å². The van der Waals surface area contributed by atoms with Crippen molar-refractivity contribution >= 4 is 16.7 Å². The first-order valence-electron chi connectivity index (χ1n) is 6.73. The Kier molecular flexibility index (Phi) is 3.11. The predicted octanol–water partition coefficient (Wildman–Crippen LogP) is 3.86. The second-order valence-electron chi connectivity index (χ2n) is 5.16. The maximum atomic E-state index is 12.4. The highest BCUT2D eigenvalue weighted by Gasteiger charge is 2.17. The second kappa shape index (κ2) is 4.93. The zero-order valence-electron chi connectivity index (χ0n) is 11.6. The van der Waals surface area contributed by atoms with Crippen molar-refractivity contribution in [2.75, 3.05) is 0 Å². The highest BCUT2D eigenvalue weighted by atomic mass is 16.1. The maximum absolute atomic E-state index is 12.4. The number of pyridine rings is 1. The molecule has 0 amide bonds. The van der Waals surface area contributed by atoms with Crippen LogP contribution in [0, 0.1) is 5.92 Å². The van der Waals surface area contributed by atoms with Crippen LogP contribution in [0.5, 0.6) is 0 Å². The molecule has 0 aliphatic carbocycles. The molecular formula is C17H16N2O. The van der Waals surface area contributed by atoms with Crippen LogP contribution in [0.2, 0.25) is 0 Å². The van der Waals surface area contributed by atoms with Gasteiger partial charge in [-0.3, -0.25) is 9.78 Å². The molecule has 0 radical (unpaired) electrons. The zero-order valence-corrected chi connectivity index (χ0v) is 11.6. The van der Waals surface area contributed by atoms with Crippen molar-refractivity contribution in [1.82, 2.24) is 9.55 Å². The van der Waals surface area contributed by atoms with Gasteiger partial charge in [-0.1, -0.05) is 32.0 Å². The molecule has 1 aromatic carbocycles. The standard InChI is InChI=1S/C17H16N2O/c1-12(2)17(20)15-11-19(13-6-5-9-18-10-13)16-8-4-3-7-14(15)16/h3-12H,1-2H3. The lowest BCUT2D eigenvalue weighted by Crippen LogP contribution is -2.06. The molecule has 100 valence electrons. The van der Waals surface area contributed by atoms with E-state index in [9.17, 15) is 4.79 Å². The summed E-state index contributed by atoms with van der Waals surface area (Å²) in [6.45, 7) is 3.86. The van der Waals surface area contributed by atoms with Gasteiger partial charge in [0.1, 0.15) is 0 Å². The minimum atomic E-state index is -0.0110. The van der Waals surface area contributed by atoms with Crippen LogP contribution in [-0.2, 0) is 0 Å². The van der Waals surface area contributed by atoms with Gasteiger partial charge in [-0.15, -0.1) is 0 Å². The molecule has 0 atom stereocenters. The number of para-hydroxylation sites is 1. The maximum Gasteiger partial charge on any atom is 0.167 e. The van der Waals surface area contributed by atoms with E-state index in [-0.39, 0.29) is 11.7 Å². The van der Waals surface area contributed by atoms with E-state index in [4.69, 9.17) is 0 Å². The van der Waals surface area contributed by atoms with Crippen molar-refractivity contribution < 1.29 is 4.79 Å². The number of fused-ring (bicyclic) bond motifs is 1. The lowest BCUT2D eigenvalue weighted by Gasteiger charge is -2.03. The second-order valence-corrected chi connectivity index (χ2v) is 5.16. The molecule has 3 aromatic rings. The summed E-state index contributed by atoms with van der Waals surface area (Å²) < 4.78 is 2.03. The van der Waals surface area contributed by atoms with Crippen LogP contribution in [0.4, 0.5) is 0 Å². The summed E-state index contributed by atoms with van der Waals surface area (Å²) in [5.74, 6) is 0.159. The summed E-state index contributed by atoms with van der Waals surface area (Å²) in [5, 5.41) is 0.995. The van der Waals surface area contributed by atoms with Crippen LogP contribution >= 0.6 is 0 Å². The fourth-order valence-electron chi connectivity index (χ4n) is 2.40. The Morgan fingerprint density at radius 3 is 2.65 bits per heavy atom. The van der Waals surface area contributed by atoms with Gasteiger partial charge in [-0.05, 0) is 18.2 Å². The van der Waals surface area contributed by atoms with Gasteiger partial charge in [0.25, 0.3) is 0 Å². The summed E-state index contributed by atoms with van der Waals surface area (Å²) >= 11 is 0. The van der Waals surface area contributed by atoms with Gasteiger partial charge < -0.3 is 4.57 Å². The number of carbonyl (C=O) groups is 1. The van der Waals surface area contributed by atoms with Crippen LogP contribution in [-0.4, -0.2) is 15.3 Å². The van der Waals surface area contributed by atoms with E-state index in [1.165, 1.54) is 0 Å². The predicted molar refractivity (Wildman–Crippen MR) is 80.2 cm³/mol. The lowest BCUT2D eigenvalue weighted by molar-refractivity contribution is 0.0941. The Balaban J connectivity index is 2.27. The Bertz CT molecular complexity index is 757. The number of ketones is 1. The summed E-state index contributed by atoms with van der Waals surface area (Å²) in [6.07, 6.45) is 5.47. The number of hydrogen-bond donors (Lipinski definition) is 0. The number of rotatable bonds is 3. The fraction of sp³-hybridized carbons (Fsp3) is 0.176. The highest BCUT2D eigenvalue weighted by molar-refractivity contribution is 6.09. The Hall–Kier alpha value is -2.42. The molecule has 0 saturated carbocycles. The normalized spacial score (nSPS) is 11.2. The quantitative estimate of drug-likeness (QED) is 0.673. The largest absolute Gasteiger partial charge is 0.314 e. The van der Waals surface area contributed by atoms with Gasteiger partial charge in [-0.2, -0.15) is 0 Å². The fourth-order valence-corrected chi connectivity index (χ4v) is 2.40. The van der Waals surface area contributed by atoms with Crippen LogP contribution in [0.25, 0.3) is 16.6 Å². The molecule has 0 aliphatic rings. The Morgan fingerprint density at radius 2 is 1.95 bits per heavy atom. The molecule has 2 aromatic heterocycles. The molecule has 0 saturated heterocycles. The molecule has 2 heterocycles. The van der Waals surface area contributed by atoms with Gasteiger partial charge in [0.2, 0.25) is 0 Å². The van der Waals surface area contributed by atoms with Crippen molar-refractivity contribution in [3.8, 4) is 5.69 Å². The zero-order chi connectivity index (χ0) is 14.1. The molecule has 20 heavy (non-hydrogen) atoms. The third kappa shape index (κ3) is 2.01. The number of hydrogen-bond acceptors (Lipinski definition) is 2. The summed E-state index contributed by atoms with van der Waals surface area (Å²) in [5.41, 5.74) is 2.77. The average Bonchev–Trinajstić information content (AvgIpc) is 2.87. The van der Waals surface area contributed by atoms with E-state index in [0.717, 1.165) is 22.2 Å². The van der Waals surface area contributed by atoms with Crippen molar-refractivity contribution in [3.63, 3.8) is 0 Å². The monoisotopic (exact) mass is 264 g/mol. The van der Waals surface area contributed by atoms with Crippen molar-refractivity contribution in [2.45, 2.75) is 13.8 Å². The number of benzene rings is 1. The summed E-state index contributed by atoms with van der Waals surface area (Å²) in [6, 6.07) is 11.9. The number of carbonyl (C=O) groups excluding carboxylic acids is 1. The van der Waals surface area contributed by atoms with E-state index in [0.29, 0.717) is 0 Å². The Labute approximate surface area is 117 Å². The molecule has 3 rings (SSSR count). The van der Waals surface area contributed by atoms with E-state index >= 15 is 0 Å². The molecule has 0 aliphatic heterocycles. The van der Waals surface area contributed by atoms with Gasteiger partial charge in [-0.25, -0.2) is 0 Å². The van der Waals surface area contributed by atoms with Crippen molar-refractivity contribution in [3.05, 3.63) is 60.6 Å².